The first-order valence-electron chi connectivity index (χ1n) is 25.9. The van der Waals surface area contributed by atoms with Crippen molar-refractivity contribution in [3.63, 3.8) is 0 Å². The molecule has 0 aliphatic rings. The zero-order chi connectivity index (χ0) is 45.1. The van der Waals surface area contributed by atoms with Gasteiger partial charge in [0.25, 0.3) is 0 Å². The van der Waals surface area contributed by atoms with Gasteiger partial charge in [-0.15, -0.1) is 0 Å². The minimum absolute atomic E-state index is 0.0826. The maximum absolute atomic E-state index is 12.8. The van der Waals surface area contributed by atoms with Crippen molar-refractivity contribution in [2.45, 2.75) is 252 Å². The summed E-state index contributed by atoms with van der Waals surface area (Å²) < 4.78 is 16.7. The van der Waals surface area contributed by atoms with Crippen molar-refractivity contribution in [1.29, 1.82) is 0 Å². The summed E-state index contributed by atoms with van der Waals surface area (Å²) in [5, 5.41) is 0. The van der Waals surface area contributed by atoms with Crippen LogP contribution in [-0.4, -0.2) is 37.2 Å². The van der Waals surface area contributed by atoms with Crippen LogP contribution in [-0.2, 0) is 28.6 Å². The van der Waals surface area contributed by atoms with Gasteiger partial charge in [-0.25, -0.2) is 0 Å². The number of esters is 3. The normalized spacial score (nSPS) is 12.6. The van der Waals surface area contributed by atoms with Crippen LogP contribution in [0.2, 0.25) is 0 Å². The summed E-state index contributed by atoms with van der Waals surface area (Å²) in [4.78, 5) is 37.9. The van der Waals surface area contributed by atoms with Crippen LogP contribution in [0.5, 0.6) is 0 Å². The minimum Gasteiger partial charge on any atom is -0.462 e. The lowest BCUT2D eigenvalue weighted by atomic mass is 10.1. The Kier molecular flexibility index (Phi) is 47.9. The molecular formula is C56H96O6. The zero-order valence-electron chi connectivity index (χ0n) is 40.6. The lowest BCUT2D eigenvalue weighted by Crippen LogP contribution is -2.30. The molecule has 0 aromatic carbocycles. The molecular weight excluding hydrogens is 769 g/mol. The maximum Gasteiger partial charge on any atom is 0.306 e. The summed E-state index contributed by atoms with van der Waals surface area (Å²) in [6.07, 6.45) is 63.2. The van der Waals surface area contributed by atoms with Crippen LogP contribution >= 0.6 is 0 Å². The Bertz CT molecular complexity index is 1180. The Morgan fingerprint density at radius 3 is 1.02 bits per heavy atom. The quantitative estimate of drug-likeness (QED) is 0.0262. The van der Waals surface area contributed by atoms with Crippen LogP contribution in [0.25, 0.3) is 0 Å². The topological polar surface area (TPSA) is 78.9 Å². The molecule has 0 fully saturated rings. The van der Waals surface area contributed by atoms with Gasteiger partial charge in [0.1, 0.15) is 13.2 Å². The number of hydrogen-bond donors (Lipinski definition) is 0. The van der Waals surface area contributed by atoms with Gasteiger partial charge in [-0.05, 0) is 89.9 Å². The van der Waals surface area contributed by atoms with E-state index in [0.717, 1.165) is 103 Å². The fourth-order valence-electron chi connectivity index (χ4n) is 7.05. The second-order valence-electron chi connectivity index (χ2n) is 17.1. The molecule has 356 valence electrons. The molecule has 6 nitrogen and oxygen atoms in total. The monoisotopic (exact) mass is 865 g/mol. The van der Waals surface area contributed by atoms with Gasteiger partial charge >= 0.3 is 17.9 Å². The first-order chi connectivity index (χ1) is 30.5. The SMILES string of the molecule is CC/C=C\C/C=C\C/C=C\C/C=C\CCCCCCCCC(=O)OCC(COC(=O)CCCCCCCCCC)OC(=O)CCCCCCCCC/C=C\C/C=C\CCCCC. The van der Waals surface area contributed by atoms with Crippen molar-refractivity contribution in [3.8, 4) is 0 Å². The van der Waals surface area contributed by atoms with Gasteiger partial charge in [0.2, 0.25) is 0 Å². The fraction of sp³-hybridized carbons (Fsp3) is 0.732. The third kappa shape index (κ3) is 47.9. The van der Waals surface area contributed by atoms with E-state index in [1.807, 2.05) is 0 Å². The van der Waals surface area contributed by atoms with Gasteiger partial charge in [0, 0.05) is 19.3 Å². The van der Waals surface area contributed by atoms with Crippen molar-refractivity contribution in [3.05, 3.63) is 72.9 Å². The lowest BCUT2D eigenvalue weighted by Gasteiger charge is -2.18. The van der Waals surface area contributed by atoms with Gasteiger partial charge in [0.05, 0.1) is 0 Å². The molecule has 0 aromatic heterocycles. The highest BCUT2D eigenvalue weighted by Gasteiger charge is 2.19. The van der Waals surface area contributed by atoms with Crippen LogP contribution in [0.15, 0.2) is 72.9 Å². The number of unbranched alkanes of at least 4 members (excludes halogenated alkanes) is 23. The zero-order valence-corrected chi connectivity index (χ0v) is 40.6. The van der Waals surface area contributed by atoms with Crippen LogP contribution in [0, 0.1) is 0 Å². The van der Waals surface area contributed by atoms with Crippen molar-refractivity contribution >= 4 is 17.9 Å². The molecule has 0 rings (SSSR count). The molecule has 0 amide bonds. The highest BCUT2D eigenvalue weighted by atomic mass is 16.6. The van der Waals surface area contributed by atoms with Crippen molar-refractivity contribution in [1.82, 2.24) is 0 Å². The van der Waals surface area contributed by atoms with E-state index in [0.29, 0.717) is 19.3 Å². The van der Waals surface area contributed by atoms with Crippen LogP contribution in [0.3, 0.4) is 0 Å². The first-order valence-corrected chi connectivity index (χ1v) is 25.9. The molecule has 0 N–H and O–H groups in total. The van der Waals surface area contributed by atoms with E-state index in [2.05, 4.69) is 93.7 Å². The molecule has 1 atom stereocenters. The summed E-state index contributed by atoms with van der Waals surface area (Å²) >= 11 is 0. The Labute approximate surface area is 382 Å². The molecule has 0 heterocycles. The van der Waals surface area contributed by atoms with E-state index in [-0.39, 0.29) is 31.1 Å². The second kappa shape index (κ2) is 50.5. The van der Waals surface area contributed by atoms with E-state index in [4.69, 9.17) is 14.2 Å². The second-order valence-corrected chi connectivity index (χ2v) is 17.1. The minimum atomic E-state index is -0.782. The molecule has 0 aromatic rings. The van der Waals surface area contributed by atoms with E-state index in [1.165, 1.54) is 103 Å². The maximum atomic E-state index is 12.8. The predicted molar refractivity (Wildman–Crippen MR) is 265 cm³/mol. The molecule has 0 saturated heterocycles. The number of allylic oxidation sites excluding steroid dienone is 12. The van der Waals surface area contributed by atoms with Gasteiger partial charge in [-0.3, -0.25) is 14.4 Å². The predicted octanol–water partition coefficient (Wildman–Crippen LogP) is 17.0. The molecule has 0 aliphatic carbocycles. The molecule has 62 heavy (non-hydrogen) atoms. The number of hydrogen-bond acceptors (Lipinski definition) is 6. The molecule has 0 aliphatic heterocycles. The van der Waals surface area contributed by atoms with E-state index in [9.17, 15) is 14.4 Å². The van der Waals surface area contributed by atoms with E-state index >= 15 is 0 Å². The summed E-state index contributed by atoms with van der Waals surface area (Å²) in [5.74, 6) is -0.907. The van der Waals surface area contributed by atoms with Gasteiger partial charge in [0.15, 0.2) is 6.10 Å². The van der Waals surface area contributed by atoms with Crippen molar-refractivity contribution < 1.29 is 28.6 Å². The van der Waals surface area contributed by atoms with E-state index < -0.39 is 6.10 Å². The number of carbonyl (C=O) groups is 3. The van der Waals surface area contributed by atoms with Gasteiger partial charge in [-0.2, -0.15) is 0 Å². The van der Waals surface area contributed by atoms with Gasteiger partial charge < -0.3 is 14.2 Å². The molecule has 6 heteroatoms. The fourth-order valence-corrected chi connectivity index (χ4v) is 7.05. The third-order valence-corrected chi connectivity index (χ3v) is 10.9. The highest BCUT2D eigenvalue weighted by molar-refractivity contribution is 5.71. The number of rotatable bonds is 46. The third-order valence-electron chi connectivity index (χ3n) is 10.9. The van der Waals surface area contributed by atoms with Crippen LogP contribution in [0.4, 0.5) is 0 Å². The van der Waals surface area contributed by atoms with Gasteiger partial charge in [-0.1, -0.05) is 209 Å². The average molecular weight is 865 g/mol. The largest absolute Gasteiger partial charge is 0.462 e. The lowest BCUT2D eigenvalue weighted by molar-refractivity contribution is -0.167. The number of carbonyl (C=O) groups excluding carboxylic acids is 3. The van der Waals surface area contributed by atoms with E-state index in [1.54, 1.807) is 0 Å². The standard InChI is InChI=1S/C56H96O6/c1-4-7-10-13-16-19-21-23-25-27-28-30-31-33-35-37-40-43-46-49-55(58)61-52-53(51-60-54(57)48-45-42-39-18-15-12-9-6-3)62-56(59)50-47-44-41-38-36-34-32-29-26-24-22-20-17-14-11-8-5-2/h7,10,16-17,19-20,23-26,28,30,53H,4-6,8-9,11-15,18,21-22,27,29,31-52H2,1-3H3/b10-7-,19-16-,20-17-,25-23-,26-24-,30-28-. The van der Waals surface area contributed by atoms with Crippen molar-refractivity contribution in [2.24, 2.45) is 0 Å². The Morgan fingerprint density at radius 2 is 0.629 bits per heavy atom. The molecule has 0 saturated carbocycles. The highest BCUT2D eigenvalue weighted by Crippen LogP contribution is 2.14. The molecule has 0 radical (unpaired) electrons. The molecule has 0 spiro atoms. The summed E-state index contributed by atoms with van der Waals surface area (Å²) in [6.45, 7) is 6.45. The first kappa shape index (κ1) is 58.9. The molecule has 1 unspecified atom stereocenters. The molecule has 0 bridgehead atoms. The van der Waals surface area contributed by atoms with Crippen molar-refractivity contribution in [2.75, 3.05) is 13.2 Å². The summed E-state index contributed by atoms with van der Waals surface area (Å²) in [7, 11) is 0. The smallest absolute Gasteiger partial charge is 0.306 e. The Hall–Kier alpha value is -3.15. The Balaban J connectivity index is 4.33. The average Bonchev–Trinajstić information content (AvgIpc) is 3.27. The summed E-state index contributed by atoms with van der Waals surface area (Å²) in [6, 6.07) is 0. The van der Waals surface area contributed by atoms with Crippen LogP contribution in [0.1, 0.15) is 245 Å². The number of ether oxygens (including phenoxy) is 3. The summed E-state index contributed by atoms with van der Waals surface area (Å²) in [5.41, 5.74) is 0. The van der Waals surface area contributed by atoms with Crippen LogP contribution < -0.4 is 0 Å². The Morgan fingerprint density at radius 1 is 0.339 bits per heavy atom.